The van der Waals surface area contributed by atoms with Crippen LogP contribution >= 0.6 is 11.3 Å². The molecule has 0 spiro atoms. The van der Waals surface area contributed by atoms with Gasteiger partial charge in [0.25, 0.3) is 5.91 Å². The van der Waals surface area contributed by atoms with Crippen LogP contribution in [0.2, 0.25) is 0 Å². The van der Waals surface area contributed by atoms with Crippen molar-refractivity contribution >= 4 is 38.8 Å². The normalized spacial score (nSPS) is 10.9. The molecule has 2 heterocycles. The quantitative estimate of drug-likeness (QED) is 0.520. The molecule has 1 amide bonds. The van der Waals surface area contributed by atoms with Gasteiger partial charge in [-0.3, -0.25) is 4.79 Å². The maximum atomic E-state index is 13.1. The van der Waals surface area contributed by atoms with Gasteiger partial charge >= 0.3 is 0 Å². The number of pyridine rings is 1. The number of nitrogens with two attached hydrogens (primary N) is 1. The summed E-state index contributed by atoms with van der Waals surface area (Å²) in [7, 11) is 0. The molecule has 0 aliphatic rings. The first-order valence-corrected chi connectivity index (χ1v) is 8.85. The molecule has 4 aromatic rings. The Morgan fingerprint density at radius 1 is 0.926 bits per heavy atom. The molecule has 0 aliphatic heterocycles. The van der Waals surface area contributed by atoms with Gasteiger partial charge in [0.2, 0.25) is 0 Å². The summed E-state index contributed by atoms with van der Waals surface area (Å²) < 4.78 is 26.1. The van der Waals surface area contributed by atoms with Crippen LogP contribution in [0.5, 0.6) is 0 Å². The molecule has 4 nitrogen and oxygen atoms in total. The Balaban J connectivity index is 1.67. The smallest absolute Gasteiger partial charge is 0.267 e. The summed E-state index contributed by atoms with van der Waals surface area (Å²) in [5, 5.41) is 3.37. The molecule has 0 unspecified atom stereocenters. The van der Waals surface area contributed by atoms with E-state index < -0.39 is 0 Å². The highest BCUT2D eigenvalue weighted by molar-refractivity contribution is 7.21. The minimum Gasteiger partial charge on any atom is -0.397 e. The van der Waals surface area contributed by atoms with Crippen LogP contribution in [-0.2, 0) is 0 Å². The van der Waals surface area contributed by atoms with Gasteiger partial charge in [-0.05, 0) is 60.7 Å². The van der Waals surface area contributed by atoms with Gasteiger partial charge in [-0.25, -0.2) is 13.8 Å². The topological polar surface area (TPSA) is 68.0 Å². The Kier molecular flexibility index (Phi) is 4.29. The Morgan fingerprint density at radius 2 is 1.56 bits per heavy atom. The summed E-state index contributed by atoms with van der Waals surface area (Å²) in [4.78, 5) is 18.0. The lowest BCUT2D eigenvalue weighted by Gasteiger charge is -2.04. The highest BCUT2D eigenvalue weighted by Crippen LogP contribution is 2.34. The van der Waals surface area contributed by atoms with E-state index in [2.05, 4.69) is 10.3 Å². The zero-order valence-electron chi connectivity index (χ0n) is 13.9. The van der Waals surface area contributed by atoms with E-state index in [1.807, 2.05) is 0 Å². The number of nitrogens with zero attached hydrogens (tertiary/aromatic N) is 1. The first-order chi connectivity index (χ1) is 13.0. The molecule has 0 aliphatic carbocycles. The Hall–Kier alpha value is -3.32. The Labute approximate surface area is 157 Å². The molecule has 27 heavy (non-hydrogen) atoms. The number of hydrogen-bond donors (Lipinski definition) is 2. The fraction of sp³-hybridized carbons (Fsp3) is 0. The summed E-state index contributed by atoms with van der Waals surface area (Å²) in [6, 6.07) is 15.1. The molecular weight excluding hydrogens is 368 g/mol. The summed E-state index contributed by atoms with van der Waals surface area (Å²) in [5.41, 5.74) is 8.36. The van der Waals surface area contributed by atoms with E-state index in [0.29, 0.717) is 32.2 Å². The van der Waals surface area contributed by atoms with Crippen molar-refractivity contribution in [2.45, 2.75) is 0 Å². The van der Waals surface area contributed by atoms with Crippen molar-refractivity contribution < 1.29 is 13.6 Å². The number of nitrogen functional groups attached to an aromatic ring is 1. The van der Waals surface area contributed by atoms with Crippen molar-refractivity contribution in [3.63, 3.8) is 0 Å². The molecule has 4 rings (SSSR count). The van der Waals surface area contributed by atoms with Gasteiger partial charge in [0, 0.05) is 16.6 Å². The van der Waals surface area contributed by atoms with Crippen molar-refractivity contribution in [2.24, 2.45) is 0 Å². The molecule has 0 radical (unpaired) electrons. The highest BCUT2D eigenvalue weighted by atomic mass is 32.1. The first-order valence-electron chi connectivity index (χ1n) is 8.03. The van der Waals surface area contributed by atoms with Crippen LogP contribution in [0.25, 0.3) is 21.5 Å². The maximum absolute atomic E-state index is 13.1. The van der Waals surface area contributed by atoms with Crippen LogP contribution in [-0.4, -0.2) is 10.9 Å². The Bertz CT molecular complexity index is 1140. The number of anilines is 2. The third-order valence-corrected chi connectivity index (χ3v) is 5.16. The molecule has 7 heteroatoms. The molecule has 0 atom stereocenters. The number of amides is 1. The van der Waals surface area contributed by atoms with Crippen LogP contribution in [0.15, 0.2) is 60.7 Å². The standard InChI is InChI=1S/C20H13F2N3OS/c21-12-3-1-11(2-4-12)16-10-9-15-17(23)18(27-20(15)25-16)19(26)24-14-7-5-13(22)6-8-14/h1-10H,23H2,(H,24,26). The predicted molar refractivity (Wildman–Crippen MR) is 104 cm³/mol. The van der Waals surface area contributed by atoms with Gasteiger partial charge in [-0.2, -0.15) is 0 Å². The van der Waals surface area contributed by atoms with E-state index in [9.17, 15) is 13.6 Å². The van der Waals surface area contributed by atoms with E-state index in [1.54, 1.807) is 24.3 Å². The molecule has 2 aromatic heterocycles. The number of nitrogens with one attached hydrogen (secondary N) is 1. The number of thiophene rings is 1. The molecule has 2 aromatic carbocycles. The lowest BCUT2D eigenvalue weighted by Crippen LogP contribution is -2.11. The zero-order valence-corrected chi connectivity index (χ0v) is 14.7. The summed E-state index contributed by atoms with van der Waals surface area (Å²) in [5.74, 6) is -1.09. The minimum absolute atomic E-state index is 0.319. The van der Waals surface area contributed by atoms with Crippen molar-refractivity contribution in [3.05, 3.63) is 77.2 Å². The first kappa shape index (κ1) is 17.1. The van der Waals surface area contributed by atoms with Crippen LogP contribution in [0.4, 0.5) is 20.2 Å². The second-order valence-corrected chi connectivity index (χ2v) is 6.86. The number of benzene rings is 2. The molecular formula is C20H13F2N3OS. The van der Waals surface area contributed by atoms with Crippen molar-refractivity contribution in [2.75, 3.05) is 11.1 Å². The van der Waals surface area contributed by atoms with Gasteiger partial charge in [0.15, 0.2) is 0 Å². The number of carbonyl (C=O) groups is 1. The van der Waals surface area contributed by atoms with E-state index >= 15 is 0 Å². The summed E-state index contributed by atoms with van der Waals surface area (Å²) >= 11 is 1.17. The van der Waals surface area contributed by atoms with Crippen LogP contribution in [0, 0.1) is 11.6 Å². The predicted octanol–water partition coefficient (Wildman–Crippen LogP) is 5.08. The number of rotatable bonds is 3. The molecule has 0 bridgehead atoms. The number of fused-ring (bicyclic) bond motifs is 1. The second kappa shape index (κ2) is 6.77. The fourth-order valence-electron chi connectivity index (χ4n) is 2.67. The third kappa shape index (κ3) is 3.37. The van der Waals surface area contributed by atoms with Crippen molar-refractivity contribution in [1.82, 2.24) is 4.98 Å². The maximum Gasteiger partial charge on any atom is 0.267 e. The van der Waals surface area contributed by atoms with Gasteiger partial charge in [-0.15, -0.1) is 11.3 Å². The van der Waals surface area contributed by atoms with E-state index in [-0.39, 0.29) is 17.5 Å². The van der Waals surface area contributed by atoms with E-state index in [0.717, 1.165) is 5.56 Å². The molecule has 0 fully saturated rings. The van der Waals surface area contributed by atoms with Crippen molar-refractivity contribution in [1.29, 1.82) is 0 Å². The van der Waals surface area contributed by atoms with Gasteiger partial charge in [-0.1, -0.05) is 0 Å². The monoisotopic (exact) mass is 381 g/mol. The number of carbonyl (C=O) groups excluding carboxylic acids is 1. The molecule has 3 N–H and O–H groups in total. The lowest BCUT2D eigenvalue weighted by atomic mass is 10.1. The highest BCUT2D eigenvalue weighted by Gasteiger charge is 2.18. The average molecular weight is 381 g/mol. The van der Waals surface area contributed by atoms with E-state index in [1.165, 1.54) is 47.7 Å². The van der Waals surface area contributed by atoms with Crippen LogP contribution < -0.4 is 11.1 Å². The van der Waals surface area contributed by atoms with E-state index in [4.69, 9.17) is 5.73 Å². The van der Waals surface area contributed by atoms with Gasteiger partial charge in [0.1, 0.15) is 21.3 Å². The second-order valence-electron chi connectivity index (χ2n) is 5.86. The zero-order chi connectivity index (χ0) is 19.0. The van der Waals surface area contributed by atoms with Crippen molar-refractivity contribution in [3.8, 4) is 11.3 Å². The largest absolute Gasteiger partial charge is 0.397 e. The third-order valence-electron chi connectivity index (χ3n) is 4.04. The summed E-state index contributed by atoms with van der Waals surface area (Å²) in [6.07, 6.45) is 0. The molecule has 134 valence electrons. The molecule has 0 saturated heterocycles. The number of hydrogen-bond acceptors (Lipinski definition) is 4. The Morgan fingerprint density at radius 3 is 2.22 bits per heavy atom. The molecule has 0 saturated carbocycles. The number of aromatic nitrogens is 1. The van der Waals surface area contributed by atoms with Gasteiger partial charge in [0.05, 0.1) is 11.4 Å². The number of halogens is 2. The van der Waals surface area contributed by atoms with Gasteiger partial charge < -0.3 is 11.1 Å². The fourth-order valence-corrected chi connectivity index (χ4v) is 3.66. The lowest BCUT2D eigenvalue weighted by molar-refractivity contribution is 0.103. The average Bonchev–Trinajstić information content (AvgIpc) is 3.00. The minimum atomic E-state index is -0.384. The summed E-state index contributed by atoms with van der Waals surface area (Å²) in [6.45, 7) is 0. The van der Waals surface area contributed by atoms with Crippen LogP contribution in [0.1, 0.15) is 9.67 Å². The van der Waals surface area contributed by atoms with Crippen LogP contribution in [0.3, 0.4) is 0 Å². The SMILES string of the molecule is Nc1c(C(=O)Nc2ccc(F)cc2)sc2nc(-c3ccc(F)cc3)ccc12.